The Labute approximate surface area is 223 Å². The summed E-state index contributed by atoms with van der Waals surface area (Å²) in [6.45, 7) is 14.8. The molecule has 0 amide bonds. The summed E-state index contributed by atoms with van der Waals surface area (Å²) < 4.78 is 11.0. The first kappa shape index (κ1) is 24.8. The van der Waals surface area contributed by atoms with Crippen LogP contribution in [0.1, 0.15) is 51.8 Å². The van der Waals surface area contributed by atoms with E-state index in [2.05, 4.69) is 61.9 Å². The first-order valence-electron chi connectivity index (χ1n) is 13.5. The van der Waals surface area contributed by atoms with Crippen LogP contribution >= 0.6 is 0 Å². The predicted molar refractivity (Wildman–Crippen MR) is 150 cm³/mol. The number of piperazine rings is 1. The summed E-state index contributed by atoms with van der Waals surface area (Å²) in [4.78, 5) is 32.3. The van der Waals surface area contributed by atoms with E-state index in [1.807, 2.05) is 38.1 Å². The fraction of sp³-hybridized carbons (Fsp3) is 0.467. The van der Waals surface area contributed by atoms with Crippen molar-refractivity contribution in [2.45, 2.75) is 58.2 Å². The standard InChI is InChI=1S/C30H37N5O3/c1-29(2,3)20-7-9-21(10-8-20)34-27(36)33-14-13-24-26(35(33)28(34)37)23-12-11-22(19-25(23)38-30(24,4)5)32-17-15-31(6)16-18-32/h7-13,19,26H,14-18H2,1-6H3. The van der Waals surface area contributed by atoms with Gasteiger partial charge >= 0.3 is 11.4 Å². The minimum absolute atomic E-state index is 0.0161. The highest BCUT2D eigenvalue weighted by Gasteiger charge is 2.44. The first-order chi connectivity index (χ1) is 18.0. The van der Waals surface area contributed by atoms with Gasteiger partial charge < -0.3 is 14.5 Å². The van der Waals surface area contributed by atoms with E-state index in [1.54, 1.807) is 9.36 Å². The van der Waals surface area contributed by atoms with Crippen molar-refractivity contribution in [2.75, 3.05) is 38.1 Å². The molecule has 38 heavy (non-hydrogen) atoms. The van der Waals surface area contributed by atoms with Gasteiger partial charge in [-0.25, -0.2) is 23.5 Å². The molecule has 3 aliphatic heterocycles. The van der Waals surface area contributed by atoms with Crippen LogP contribution in [0.25, 0.3) is 5.69 Å². The number of rotatable bonds is 2. The summed E-state index contributed by atoms with van der Waals surface area (Å²) >= 11 is 0. The van der Waals surface area contributed by atoms with Gasteiger partial charge in [0.15, 0.2) is 0 Å². The van der Waals surface area contributed by atoms with E-state index in [4.69, 9.17) is 4.74 Å². The molecule has 0 aliphatic carbocycles. The summed E-state index contributed by atoms with van der Waals surface area (Å²) in [5, 5.41) is 0. The molecule has 8 nitrogen and oxygen atoms in total. The van der Waals surface area contributed by atoms with Crippen molar-refractivity contribution in [3.8, 4) is 11.4 Å². The van der Waals surface area contributed by atoms with Gasteiger partial charge in [0.05, 0.1) is 12.2 Å². The van der Waals surface area contributed by atoms with Crippen LogP contribution in [-0.4, -0.2) is 57.7 Å². The highest BCUT2D eigenvalue weighted by molar-refractivity contribution is 5.58. The van der Waals surface area contributed by atoms with Crippen LogP contribution in [0.3, 0.4) is 0 Å². The van der Waals surface area contributed by atoms with Crippen LogP contribution in [0.15, 0.2) is 63.7 Å². The minimum atomic E-state index is -0.615. The van der Waals surface area contributed by atoms with Crippen molar-refractivity contribution < 1.29 is 4.74 Å². The highest BCUT2D eigenvalue weighted by Crippen LogP contribution is 2.47. The summed E-state index contributed by atoms with van der Waals surface area (Å²) in [6.07, 6.45) is 2.05. The van der Waals surface area contributed by atoms with Gasteiger partial charge in [-0.05, 0) is 55.6 Å². The molecule has 1 aromatic heterocycles. The fourth-order valence-electron chi connectivity index (χ4n) is 5.98. The molecular formula is C30H37N5O3. The van der Waals surface area contributed by atoms with Crippen molar-refractivity contribution in [3.05, 3.63) is 86.2 Å². The van der Waals surface area contributed by atoms with Crippen molar-refractivity contribution in [2.24, 2.45) is 0 Å². The number of aromatic nitrogens is 3. The zero-order chi connectivity index (χ0) is 27.0. The van der Waals surface area contributed by atoms with Crippen molar-refractivity contribution >= 4 is 5.69 Å². The number of allylic oxidation sites excluding steroid dienone is 1. The summed E-state index contributed by atoms with van der Waals surface area (Å²) in [5.41, 5.74) is 3.48. The fourth-order valence-corrected chi connectivity index (χ4v) is 5.98. The lowest BCUT2D eigenvalue weighted by Crippen LogP contribution is -2.46. The number of hydrogen-bond donors (Lipinski definition) is 0. The molecular weight excluding hydrogens is 478 g/mol. The van der Waals surface area contributed by atoms with Gasteiger partial charge in [-0.15, -0.1) is 0 Å². The molecule has 0 bridgehead atoms. The molecule has 1 unspecified atom stereocenters. The van der Waals surface area contributed by atoms with Crippen LogP contribution < -0.4 is 21.0 Å². The lowest BCUT2D eigenvalue weighted by atomic mass is 9.83. The van der Waals surface area contributed by atoms with Crippen LogP contribution in [0.2, 0.25) is 0 Å². The second-order valence-electron chi connectivity index (χ2n) is 12.3. The Kier molecular flexibility index (Phi) is 5.54. The highest BCUT2D eigenvalue weighted by atomic mass is 16.5. The number of benzene rings is 2. The molecule has 3 aliphatic rings. The van der Waals surface area contributed by atoms with E-state index in [1.165, 1.54) is 4.57 Å². The normalized spacial score (nSPS) is 20.7. The second-order valence-corrected chi connectivity index (χ2v) is 12.3. The summed E-state index contributed by atoms with van der Waals surface area (Å²) in [5.74, 6) is 0.767. The Hall–Kier alpha value is -3.52. The quantitative estimate of drug-likeness (QED) is 0.489. The smallest absolute Gasteiger partial charge is 0.352 e. The second kappa shape index (κ2) is 8.50. The van der Waals surface area contributed by atoms with Crippen LogP contribution in [-0.2, 0) is 12.0 Å². The van der Waals surface area contributed by atoms with Gasteiger partial charge in [-0.3, -0.25) is 0 Å². The van der Waals surface area contributed by atoms with Gasteiger partial charge in [0.1, 0.15) is 17.4 Å². The lowest BCUT2D eigenvalue weighted by molar-refractivity contribution is 0.113. The predicted octanol–water partition coefficient (Wildman–Crippen LogP) is 3.55. The Balaban J connectivity index is 1.46. The first-order valence-corrected chi connectivity index (χ1v) is 13.5. The molecule has 200 valence electrons. The van der Waals surface area contributed by atoms with E-state index in [9.17, 15) is 9.59 Å². The number of anilines is 1. The Morgan fingerprint density at radius 2 is 1.55 bits per heavy atom. The van der Waals surface area contributed by atoms with Gasteiger partial charge in [-0.2, -0.15) is 0 Å². The zero-order valence-electron chi connectivity index (χ0n) is 23.2. The third-order valence-corrected chi connectivity index (χ3v) is 8.29. The van der Waals surface area contributed by atoms with Gasteiger partial charge in [-0.1, -0.05) is 45.0 Å². The zero-order valence-corrected chi connectivity index (χ0v) is 23.2. The number of ether oxygens (including phenoxy) is 1. The molecule has 1 atom stereocenters. The molecule has 0 saturated carbocycles. The van der Waals surface area contributed by atoms with E-state index in [0.29, 0.717) is 12.2 Å². The third kappa shape index (κ3) is 3.85. The van der Waals surface area contributed by atoms with E-state index < -0.39 is 11.6 Å². The molecule has 1 fully saturated rings. The monoisotopic (exact) mass is 515 g/mol. The average Bonchev–Trinajstić information content (AvgIpc) is 3.13. The topological polar surface area (TPSA) is 64.6 Å². The van der Waals surface area contributed by atoms with E-state index >= 15 is 0 Å². The maximum atomic E-state index is 14.0. The number of fused-ring (bicyclic) bond motifs is 5. The SMILES string of the molecule is CN1CCN(c2ccc3c(c2)OC(C)(C)C2=CCn4c(=O)n(-c5ccc(C(C)(C)C)cc5)c(=O)n4C23)CC1. The molecule has 0 N–H and O–H groups in total. The molecule has 0 radical (unpaired) electrons. The van der Waals surface area contributed by atoms with Gasteiger partial charge in [0, 0.05) is 43.5 Å². The Bertz CT molecular complexity index is 1540. The molecule has 0 spiro atoms. The number of likely N-dealkylation sites (N-methyl/N-ethyl adjacent to an activating group) is 1. The van der Waals surface area contributed by atoms with Crippen molar-refractivity contribution in [1.29, 1.82) is 0 Å². The van der Waals surface area contributed by atoms with E-state index in [-0.39, 0.29) is 16.8 Å². The number of hydrogen-bond acceptors (Lipinski definition) is 5. The lowest BCUT2D eigenvalue weighted by Gasteiger charge is -2.43. The minimum Gasteiger partial charge on any atom is -0.483 e. The maximum Gasteiger partial charge on any atom is 0.352 e. The molecule has 8 heteroatoms. The molecule has 6 rings (SSSR count). The maximum absolute atomic E-state index is 14.0. The van der Waals surface area contributed by atoms with Gasteiger partial charge in [0.25, 0.3) is 0 Å². The Morgan fingerprint density at radius 3 is 2.21 bits per heavy atom. The average molecular weight is 516 g/mol. The van der Waals surface area contributed by atoms with E-state index in [0.717, 1.165) is 54.3 Å². The van der Waals surface area contributed by atoms with Gasteiger partial charge in [0.2, 0.25) is 0 Å². The van der Waals surface area contributed by atoms with Crippen molar-refractivity contribution in [1.82, 2.24) is 18.8 Å². The van der Waals surface area contributed by atoms with Crippen LogP contribution in [0.4, 0.5) is 5.69 Å². The molecule has 3 aromatic rings. The number of nitrogens with zero attached hydrogens (tertiary/aromatic N) is 5. The molecule has 2 aromatic carbocycles. The molecule has 1 saturated heterocycles. The third-order valence-electron chi connectivity index (χ3n) is 8.29. The summed E-state index contributed by atoms with van der Waals surface area (Å²) in [6, 6.07) is 13.6. The van der Waals surface area contributed by atoms with Crippen LogP contribution in [0.5, 0.6) is 5.75 Å². The summed E-state index contributed by atoms with van der Waals surface area (Å²) in [7, 11) is 2.15. The largest absolute Gasteiger partial charge is 0.483 e. The van der Waals surface area contributed by atoms with Crippen LogP contribution in [0, 0.1) is 0 Å². The molecule has 4 heterocycles. The van der Waals surface area contributed by atoms with Crippen molar-refractivity contribution in [3.63, 3.8) is 0 Å². The Morgan fingerprint density at radius 1 is 0.895 bits per heavy atom.